The molecule has 4 nitrogen and oxygen atoms in total. The zero-order valence-corrected chi connectivity index (χ0v) is 11.0. The number of hydrogen-bond acceptors (Lipinski definition) is 2. The van der Waals surface area contributed by atoms with Crippen LogP contribution in [0.15, 0.2) is 24.5 Å². The molecule has 1 aromatic heterocycles. The van der Waals surface area contributed by atoms with Crippen molar-refractivity contribution in [3.63, 3.8) is 0 Å². The normalized spacial score (nSPS) is 23.7. The second-order valence-electron chi connectivity index (χ2n) is 5.28. The van der Waals surface area contributed by atoms with Crippen molar-refractivity contribution in [1.29, 1.82) is 0 Å². The summed E-state index contributed by atoms with van der Waals surface area (Å²) < 4.78 is 0.694. The third-order valence-corrected chi connectivity index (χ3v) is 3.90. The minimum atomic E-state index is 0.00940. The van der Waals surface area contributed by atoms with Crippen LogP contribution in [0.3, 0.4) is 0 Å². The quantitative estimate of drug-likeness (QED) is 0.593. The van der Waals surface area contributed by atoms with Gasteiger partial charge in [-0.15, -0.1) is 0 Å². The summed E-state index contributed by atoms with van der Waals surface area (Å²) >= 11 is 0. The molecule has 0 unspecified atom stereocenters. The Balaban J connectivity index is 2.02. The molecule has 1 aliphatic carbocycles. The molecule has 1 amide bonds. The van der Waals surface area contributed by atoms with Crippen LogP contribution in [0.5, 0.6) is 0 Å². The number of hydrogen-bond donors (Lipinski definition) is 0. The van der Waals surface area contributed by atoms with E-state index in [9.17, 15) is 10.0 Å². The molecule has 4 heteroatoms. The summed E-state index contributed by atoms with van der Waals surface area (Å²) in [5.41, 5.74) is 0.586. The van der Waals surface area contributed by atoms with Crippen molar-refractivity contribution in [2.75, 3.05) is 7.05 Å². The molecule has 1 aromatic rings. The van der Waals surface area contributed by atoms with Crippen molar-refractivity contribution in [3.8, 4) is 0 Å². The zero-order chi connectivity index (χ0) is 13.1. The van der Waals surface area contributed by atoms with Crippen LogP contribution >= 0.6 is 0 Å². The summed E-state index contributed by atoms with van der Waals surface area (Å²) in [4.78, 5) is 14.1. The fraction of sp³-hybridized carbons (Fsp3) is 0.571. The van der Waals surface area contributed by atoms with E-state index in [0.717, 1.165) is 18.8 Å². The molecule has 2 rings (SSSR count). The van der Waals surface area contributed by atoms with Crippen molar-refractivity contribution in [2.45, 2.75) is 38.6 Å². The monoisotopic (exact) mass is 248 g/mol. The van der Waals surface area contributed by atoms with Crippen molar-refractivity contribution in [1.82, 2.24) is 4.90 Å². The van der Waals surface area contributed by atoms with Crippen LogP contribution in [0.4, 0.5) is 0 Å². The van der Waals surface area contributed by atoms with Gasteiger partial charge in [0.25, 0.3) is 5.91 Å². The van der Waals surface area contributed by atoms with Gasteiger partial charge < -0.3 is 10.1 Å². The highest BCUT2D eigenvalue weighted by molar-refractivity contribution is 5.94. The van der Waals surface area contributed by atoms with Crippen LogP contribution < -0.4 is 4.73 Å². The molecule has 0 saturated heterocycles. The Bertz CT molecular complexity index is 408. The molecule has 98 valence electrons. The smallest absolute Gasteiger partial charge is 0.254 e. The number of pyridine rings is 1. The van der Waals surface area contributed by atoms with Crippen molar-refractivity contribution in [3.05, 3.63) is 35.3 Å². The number of rotatable bonds is 2. The Morgan fingerprint density at radius 3 is 2.39 bits per heavy atom. The first kappa shape index (κ1) is 12.9. The number of amides is 1. The summed E-state index contributed by atoms with van der Waals surface area (Å²) in [5.74, 6) is 0.788. The van der Waals surface area contributed by atoms with Gasteiger partial charge in [-0.1, -0.05) is 6.92 Å². The number of carbonyl (C=O) groups is 1. The Hall–Kier alpha value is -1.58. The molecule has 1 saturated carbocycles. The molecule has 0 radical (unpaired) electrons. The predicted molar refractivity (Wildman–Crippen MR) is 68.9 cm³/mol. The Labute approximate surface area is 108 Å². The van der Waals surface area contributed by atoms with Crippen molar-refractivity contribution >= 4 is 5.91 Å². The van der Waals surface area contributed by atoms with Crippen LogP contribution in [0.1, 0.15) is 43.0 Å². The molecule has 0 aliphatic heterocycles. The molecule has 1 heterocycles. The van der Waals surface area contributed by atoms with Gasteiger partial charge in [0.1, 0.15) is 0 Å². The minimum absolute atomic E-state index is 0.00940. The highest BCUT2D eigenvalue weighted by atomic mass is 16.5. The standard InChI is InChI=1S/C14H20N2O2/c1-11-3-5-13(6-4-11)15(2)14(17)12-7-9-16(18)10-8-12/h7-11,13H,3-6H2,1-2H3. The lowest BCUT2D eigenvalue weighted by Gasteiger charge is -2.33. The summed E-state index contributed by atoms with van der Waals surface area (Å²) in [6.45, 7) is 2.27. The van der Waals surface area contributed by atoms with Crippen LogP contribution in [0.2, 0.25) is 0 Å². The van der Waals surface area contributed by atoms with Gasteiger partial charge in [-0.05, 0) is 31.6 Å². The molecule has 0 bridgehead atoms. The van der Waals surface area contributed by atoms with Gasteiger partial charge in [0.2, 0.25) is 0 Å². The van der Waals surface area contributed by atoms with Crippen LogP contribution in [-0.2, 0) is 0 Å². The van der Waals surface area contributed by atoms with Crippen LogP contribution in [-0.4, -0.2) is 23.9 Å². The molecule has 1 fully saturated rings. The number of aromatic nitrogens is 1. The molecule has 0 aromatic carbocycles. The van der Waals surface area contributed by atoms with Crippen LogP contribution in [0.25, 0.3) is 0 Å². The van der Waals surface area contributed by atoms with E-state index in [-0.39, 0.29) is 5.91 Å². The van der Waals surface area contributed by atoms with E-state index in [0.29, 0.717) is 16.3 Å². The number of carbonyl (C=O) groups excluding carboxylic acids is 1. The molecule has 1 aliphatic rings. The molecule has 0 atom stereocenters. The third-order valence-electron chi connectivity index (χ3n) is 3.90. The largest absolute Gasteiger partial charge is 0.619 e. The molecule has 18 heavy (non-hydrogen) atoms. The second kappa shape index (κ2) is 5.38. The van der Waals surface area contributed by atoms with Gasteiger partial charge in [-0.25, -0.2) is 0 Å². The fourth-order valence-electron chi connectivity index (χ4n) is 2.55. The SMILES string of the molecule is CC1CCC(N(C)C(=O)c2cc[n+]([O-])cc2)CC1. The van der Waals surface area contributed by atoms with Gasteiger partial charge >= 0.3 is 0 Å². The predicted octanol–water partition coefficient (Wildman–Crippen LogP) is 1.97. The fourth-order valence-corrected chi connectivity index (χ4v) is 2.55. The summed E-state index contributed by atoms with van der Waals surface area (Å²) in [7, 11) is 1.86. The van der Waals surface area contributed by atoms with Crippen LogP contribution in [0, 0.1) is 11.1 Å². The molecular formula is C14H20N2O2. The first-order chi connectivity index (χ1) is 8.58. The van der Waals surface area contributed by atoms with Crippen molar-refractivity contribution < 1.29 is 9.52 Å². The lowest BCUT2D eigenvalue weighted by atomic mass is 9.86. The van der Waals surface area contributed by atoms with E-state index in [1.54, 1.807) is 12.1 Å². The van der Waals surface area contributed by atoms with E-state index in [1.165, 1.54) is 25.2 Å². The van der Waals surface area contributed by atoms with E-state index in [4.69, 9.17) is 0 Å². The Morgan fingerprint density at radius 2 is 1.83 bits per heavy atom. The molecule has 0 spiro atoms. The van der Waals surface area contributed by atoms with Gasteiger partial charge in [0.05, 0.1) is 5.56 Å². The average Bonchev–Trinajstić information content (AvgIpc) is 2.39. The first-order valence-corrected chi connectivity index (χ1v) is 6.54. The maximum atomic E-state index is 12.3. The highest BCUT2D eigenvalue weighted by Gasteiger charge is 2.25. The summed E-state index contributed by atoms with van der Waals surface area (Å²) in [6.07, 6.45) is 7.28. The Kier molecular flexibility index (Phi) is 3.84. The zero-order valence-electron chi connectivity index (χ0n) is 11.0. The highest BCUT2D eigenvalue weighted by Crippen LogP contribution is 2.27. The molecule has 0 N–H and O–H groups in total. The van der Waals surface area contributed by atoms with Crippen molar-refractivity contribution in [2.24, 2.45) is 5.92 Å². The summed E-state index contributed by atoms with van der Waals surface area (Å²) in [6, 6.07) is 3.50. The molecular weight excluding hydrogens is 228 g/mol. The van der Waals surface area contributed by atoms with Gasteiger partial charge in [-0.2, -0.15) is 4.73 Å². The summed E-state index contributed by atoms with van der Waals surface area (Å²) in [5, 5.41) is 10.9. The van der Waals surface area contributed by atoms with Gasteiger partial charge in [0.15, 0.2) is 12.4 Å². The lowest BCUT2D eigenvalue weighted by Crippen LogP contribution is -2.39. The maximum absolute atomic E-state index is 12.3. The lowest BCUT2D eigenvalue weighted by molar-refractivity contribution is -0.605. The minimum Gasteiger partial charge on any atom is -0.619 e. The van der Waals surface area contributed by atoms with Gasteiger partial charge in [0, 0.05) is 25.2 Å². The van der Waals surface area contributed by atoms with E-state index in [2.05, 4.69) is 6.92 Å². The maximum Gasteiger partial charge on any atom is 0.254 e. The first-order valence-electron chi connectivity index (χ1n) is 6.54. The van der Waals surface area contributed by atoms with Gasteiger partial charge in [-0.3, -0.25) is 4.79 Å². The Morgan fingerprint density at radius 1 is 1.28 bits per heavy atom. The average molecular weight is 248 g/mol. The third kappa shape index (κ3) is 2.81. The topological polar surface area (TPSA) is 47.2 Å². The van der Waals surface area contributed by atoms with E-state index in [1.807, 2.05) is 11.9 Å². The second-order valence-corrected chi connectivity index (χ2v) is 5.28. The van der Waals surface area contributed by atoms with E-state index >= 15 is 0 Å². The van der Waals surface area contributed by atoms with E-state index < -0.39 is 0 Å². The number of nitrogens with zero attached hydrogens (tertiary/aromatic N) is 2.